The minimum absolute atomic E-state index is 0.310. The van der Waals surface area contributed by atoms with Crippen molar-refractivity contribution in [1.82, 2.24) is 4.31 Å². The van der Waals surface area contributed by atoms with Gasteiger partial charge in [-0.2, -0.15) is 4.31 Å². The zero-order valence-electron chi connectivity index (χ0n) is 10.5. The number of benzene rings is 1. The number of hydrogen-bond acceptors (Lipinski definition) is 2. The fourth-order valence-electron chi connectivity index (χ4n) is 1.63. The van der Waals surface area contributed by atoms with Gasteiger partial charge >= 0.3 is 0 Å². The molecule has 0 heterocycles. The van der Waals surface area contributed by atoms with Gasteiger partial charge in [-0.1, -0.05) is 25.1 Å². The van der Waals surface area contributed by atoms with Gasteiger partial charge in [0.05, 0.1) is 4.90 Å². The van der Waals surface area contributed by atoms with Gasteiger partial charge in [0.15, 0.2) is 0 Å². The van der Waals surface area contributed by atoms with E-state index >= 15 is 0 Å². The number of likely N-dealkylation sites (N-methyl/N-ethyl adjacent to an activating group) is 1. The molecule has 100 valence electrons. The molecule has 0 aliphatic carbocycles. The van der Waals surface area contributed by atoms with Crippen LogP contribution in [0.5, 0.6) is 0 Å². The van der Waals surface area contributed by atoms with Gasteiger partial charge in [0.2, 0.25) is 10.0 Å². The molecule has 0 radical (unpaired) electrons. The molecule has 5 heteroatoms. The lowest BCUT2D eigenvalue weighted by Crippen LogP contribution is -2.30. The summed E-state index contributed by atoms with van der Waals surface area (Å²) < 4.78 is 25.9. The lowest BCUT2D eigenvalue weighted by Gasteiger charge is -2.18. The van der Waals surface area contributed by atoms with Crippen molar-refractivity contribution in [2.45, 2.75) is 18.2 Å². The van der Waals surface area contributed by atoms with Gasteiger partial charge in [0.25, 0.3) is 0 Å². The average molecular weight is 288 g/mol. The molecule has 0 N–H and O–H groups in total. The quantitative estimate of drug-likeness (QED) is 0.571. The number of sulfonamides is 1. The van der Waals surface area contributed by atoms with Crippen LogP contribution in [0.3, 0.4) is 0 Å². The lowest BCUT2D eigenvalue weighted by molar-refractivity contribution is 0.460. The van der Waals surface area contributed by atoms with Crippen LogP contribution in [0.15, 0.2) is 41.8 Å². The molecule has 0 saturated carbocycles. The molecule has 0 fully saturated rings. The van der Waals surface area contributed by atoms with Crippen molar-refractivity contribution < 1.29 is 8.42 Å². The topological polar surface area (TPSA) is 37.4 Å². The van der Waals surface area contributed by atoms with Crippen molar-refractivity contribution in [3.8, 4) is 0 Å². The summed E-state index contributed by atoms with van der Waals surface area (Å²) >= 11 is 5.64. The maximum atomic E-state index is 12.3. The summed E-state index contributed by atoms with van der Waals surface area (Å²) in [5, 5.41) is 0. The number of hydrogen-bond donors (Lipinski definition) is 0. The molecular weight excluding hydrogens is 270 g/mol. The predicted octanol–water partition coefficient (Wildman–Crippen LogP) is 2.66. The van der Waals surface area contributed by atoms with E-state index in [-0.39, 0.29) is 0 Å². The fourth-order valence-corrected chi connectivity index (χ4v) is 3.27. The Balaban J connectivity index is 3.00. The van der Waals surface area contributed by atoms with Crippen LogP contribution in [-0.4, -0.2) is 31.7 Å². The van der Waals surface area contributed by atoms with Crippen molar-refractivity contribution in [2.75, 3.05) is 19.0 Å². The first-order valence-electron chi connectivity index (χ1n) is 5.82. The Morgan fingerprint density at radius 1 is 1.33 bits per heavy atom. The van der Waals surface area contributed by atoms with Crippen molar-refractivity contribution in [2.24, 2.45) is 0 Å². The highest BCUT2D eigenvalue weighted by atomic mass is 35.5. The van der Waals surface area contributed by atoms with Crippen LogP contribution in [0.25, 0.3) is 0 Å². The smallest absolute Gasteiger partial charge is 0.207 e. The number of aryl methyl sites for hydroxylation is 1. The minimum Gasteiger partial charge on any atom is -0.207 e. The molecule has 0 spiro atoms. The Bertz CT molecular complexity index is 482. The van der Waals surface area contributed by atoms with E-state index in [0.717, 1.165) is 12.0 Å². The van der Waals surface area contributed by atoms with Gasteiger partial charge in [-0.3, -0.25) is 0 Å². The fraction of sp³-hybridized carbons (Fsp3) is 0.385. The van der Waals surface area contributed by atoms with Gasteiger partial charge in [-0.25, -0.2) is 8.42 Å². The second-order valence-electron chi connectivity index (χ2n) is 3.83. The monoisotopic (exact) mass is 287 g/mol. The zero-order chi connectivity index (χ0) is 13.6. The van der Waals surface area contributed by atoms with E-state index in [4.69, 9.17) is 11.6 Å². The Labute approximate surface area is 114 Å². The van der Waals surface area contributed by atoms with Crippen molar-refractivity contribution >= 4 is 21.6 Å². The van der Waals surface area contributed by atoms with Gasteiger partial charge in [0.1, 0.15) is 0 Å². The van der Waals surface area contributed by atoms with E-state index in [1.165, 1.54) is 4.31 Å². The molecule has 0 aromatic heterocycles. The molecule has 0 aliphatic rings. The second kappa shape index (κ2) is 6.92. The maximum Gasteiger partial charge on any atom is 0.243 e. The summed E-state index contributed by atoms with van der Waals surface area (Å²) in [5.41, 5.74) is 1.04. The average Bonchev–Trinajstić information content (AvgIpc) is 2.36. The van der Waals surface area contributed by atoms with Crippen molar-refractivity contribution in [3.05, 3.63) is 42.5 Å². The van der Waals surface area contributed by atoms with Gasteiger partial charge in [-0.15, -0.1) is 18.2 Å². The Hall–Kier alpha value is -0.840. The minimum atomic E-state index is -3.42. The Morgan fingerprint density at radius 2 is 1.94 bits per heavy atom. The van der Waals surface area contributed by atoms with Crippen LogP contribution in [0, 0.1) is 0 Å². The van der Waals surface area contributed by atoms with Crippen molar-refractivity contribution in [1.29, 1.82) is 0 Å². The van der Waals surface area contributed by atoms with Crippen LogP contribution < -0.4 is 0 Å². The van der Waals surface area contributed by atoms with Crippen LogP contribution in [0.4, 0.5) is 0 Å². The summed E-state index contributed by atoms with van der Waals surface area (Å²) in [7, 11) is -3.42. The summed E-state index contributed by atoms with van der Waals surface area (Å²) in [6.07, 6.45) is 2.33. The molecule has 0 bridgehead atoms. The predicted molar refractivity (Wildman–Crippen MR) is 75.5 cm³/mol. The molecule has 1 aromatic carbocycles. The van der Waals surface area contributed by atoms with E-state index < -0.39 is 10.0 Å². The second-order valence-corrected chi connectivity index (χ2v) is 6.14. The lowest BCUT2D eigenvalue weighted by atomic mass is 10.2. The number of nitrogens with zero attached hydrogens (tertiary/aromatic N) is 1. The zero-order valence-corrected chi connectivity index (χ0v) is 12.0. The molecule has 1 rings (SSSR count). The van der Waals surface area contributed by atoms with Gasteiger partial charge in [-0.05, 0) is 24.1 Å². The summed E-state index contributed by atoms with van der Waals surface area (Å²) in [6, 6.07) is 6.86. The summed E-state index contributed by atoms with van der Waals surface area (Å²) in [4.78, 5) is 0.310. The Morgan fingerprint density at radius 3 is 2.39 bits per heavy atom. The standard InChI is InChI=1S/C13H18ClNO2S/c1-3-11-15(4-2)18(16,17)13-7-5-12(6-8-13)9-10-14/h3,5-8H,1,4,9-11H2,2H3. The summed E-state index contributed by atoms with van der Waals surface area (Å²) in [5.74, 6) is 0.531. The number of rotatable bonds is 7. The van der Waals surface area contributed by atoms with E-state index in [1.54, 1.807) is 30.3 Å². The molecule has 0 atom stereocenters. The van der Waals surface area contributed by atoms with Crippen LogP contribution in [0.2, 0.25) is 0 Å². The molecule has 0 saturated heterocycles. The molecular formula is C13H18ClNO2S. The van der Waals surface area contributed by atoms with E-state index in [9.17, 15) is 8.42 Å². The summed E-state index contributed by atoms with van der Waals surface area (Å²) in [6.45, 7) is 6.13. The van der Waals surface area contributed by atoms with Crippen LogP contribution in [0.1, 0.15) is 12.5 Å². The Kier molecular flexibility index (Phi) is 5.85. The van der Waals surface area contributed by atoms with E-state index in [2.05, 4.69) is 6.58 Å². The highest BCUT2D eigenvalue weighted by molar-refractivity contribution is 7.89. The highest BCUT2D eigenvalue weighted by Gasteiger charge is 2.21. The molecule has 3 nitrogen and oxygen atoms in total. The molecule has 1 aromatic rings. The SMILES string of the molecule is C=CCN(CC)S(=O)(=O)c1ccc(CCCl)cc1. The molecule has 0 aliphatic heterocycles. The maximum absolute atomic E-state index is 12.3. The van der Waals surface area contributed by atoms with Gasteiger partial charge < -0.3 is 0 Å². The first-order valence-corrected chi connectivity index (χ1v) is 7.79. The van der Waals surface area contributed by atoms with Crippen LogP contribution >= 0.6 is 11.6 Å². The first-order chi connectivity index (χ1) is 8.56. The molecule has 0 unspecified atom stereocenters. The first kappa shape index (κ1) is 15.2. The third-order valence-electron chi connectivity index (χ3n) is 2.63. The van der Waals surface area contributed by atoms with E-state index in [1.807, 2.05) is 6.92 Å². The number of alkyl halides is 1. The van der Waals surface area contributed by atoms with E-state index in [0.29, 0.717) is 23.9 Å². The van der Waals surface area contributed by atoms with Crippen LogP contribution in [-0.2, 0) is 16.4 Å². The highest BCUT2D eigenvalue weighted by Crippen LogP contribution is 2.16. The third-order valence-corrected chi connectivity index (χ3v) is 4.77. The molecule has 18 heavy (non-hydrogen) atoms. The largest absolute Gasteiger partial charge is 0.243 e. The number of halogens is 1. The normalized spacial score (nSPS) is 11.7. The van der Waals surface area contributed by atoms with Gasteiger partial charge in [0, 0.05) is 19.0 Å². The molecule has 0 amide bonds. The third kappa shape index (κ3) is 3.57. The van der Waals surface area contributed by atoms with Crippen molar-refractivity contribution in [3.63, 3.8) is 0 Å².